The van der Waals surface area contributed by atoms with E-state index in [0.29, 0.717) is 6.04 Å². The highest BCUT2D eigenvalue weighted by Gasteiger charge is 2.31. The molecular weight excluding hydrogens is 276 g/mol. The van der Waals surface area contributed by atoms with E-state index in [4.69, 9.17) is 5.73 Å². The summed E-state index contributed by atoms with van der Waals surface area (Å²) < 4.78 is 1.12. The van der Waals surface area contributed by atoms with Crippen LogP contribution in [-0.4, -0.2) is 25.5 Å². The number of nitrogens with zero attached hydrogens (tertiary/aromatic N) is 1. The van der Waals surface area contributed by atoms with Crippen molar-refractivity contribution in [3.8, 4) is 0 Å². The Bertz CT molecular complexity index is 344. The van der Waals surface area contributed by atoms with Gasteiger partial charge < -0.3 is 10.6 Å². The van der Waals surface area contributed by atoms with E-state index < -0.39 is 0 Å². The summed E-state index contributed by atoms with van der Waals surface area (Å²) in [4.78, 5) is 2.28. The largest absolute Gasteiger partial charge is 0.330 e. The van der Waals surface area contributed by atoms with Crippen LogP contribution in [0.15, 0.2) is 28.7 Å². The Morgan fingerprint density at radius 1 is 1.24 bits per heavy atom. The van der Waals surface area contributed by atoms with Crippen molar-refractivity contribution in [3.05, 3.63) is 34.3 Å². The molecule has 2 nitrogen and oxygen atoms in total. The summed E-state index contributed by atoms with van der Waals surface area (Å²) in [5.41, 5.74) is 7.25. The molecule has 17 heavy (non-hydrogen) atoms. The highest BCUT2D eigenvalue weighted by atomic mass is 79.9. The molecule has 0 aliphatic rings. The van der Waals surface area contributed by atoms with Crippen molar-refractivity contribution in [1.82, 2.24) is 4.90 Å². The SMILES string of the molecule is CN(C)C(c1ccc(Br)cc1)C(C)(C)CCN. The van der Waals surface area contributed by atoms with Gasteiger partial charge in [0, 0.05) is 10.5 Å². The second kappa shape index (κ2) is 5.98. The zero-order valence-electron chi connectivity index (χ0n) is 11.2. The van der Waals surface area contributed by atoms with Crippen LogP contribution in [0.1, 0.15) is 31.9 Å². The Hall–Kier alpha value is -0.380. The molecular formula is C14H23BrN2. The van der Waals surface area contributed by atoms with Gasteiger partial charge in [0.2, 0.25) is 0 Å². The minimum absolute atomic E-state index is 0.173. The first kappa shape index (κ1) is 14.7. The van der Waals surface area contributed by atoms with E-state index in [1.165, 1.54) is 5.56 Å². The Morgan fingerprint density at radius 3 is 2.18 bits per heavy atom. The van der Waals surface area contributed by atoms with E-state index in [9.17, 15) is 0 Å². The summed E-state index contributed by atoms with van der Waals surface area (Å²) in [6, 6.07) is 8.97. The van der Waals surface area contributed by atoms with Crippen LogP contribution < -0.4 is 5.73 Å². The van der Waals surface area contributed by atoms with Crippen LogP contribution in [0.2, 0.25) is 0 Å². The molecule has 1 unspecified atom stereocenters. The van der Waals surface area contributed by atoms with Crippen LogP contribution in [-0.2, 0) is 0 Å². The molecule has 3 heteroatoms. The van der Waals surface area contributed by atoms with E-state index in [1.54, 1.807) is 0 Å². The first-order valence-electron chi connectivity index (χ1n) is 6.00. The van der Waals surface area contributed by atoms with Crippen molar-refractivity contribution in [2.75, 3.05) is 20.6 Å². The zero-order valence-corrected chi connectivity index (χ0v) is 12.8. The summed E-state index contributed by atoms with van der Waals surface area (Å²) in [6.07, 6.45) is 1.02. The second-order valence-electron chi connectivity index (χ2n) is 5.44. The number of rotatable bonds is 5. The topological polar surface area (TPSA) is 29.3 Å². The Kier molecular flexibility index (Phi) is 5.17. The lowest BCUT2D eigenvalue weighted by atomic mass is 9.77. The number of nitrogens with two attached hydrogens (primary N) is 1. The summed E-state index contributed by atoms with van der Waals surface area (Å²) in [5, 5.41) is 0. The van der Waals surface area contributed by atoms with Gasteiger partial charge in [0.15, 0.2) is 0 Å². The third-order valence-corrected chi connectivity index (χ3v) is 3.76. The van der Waals surface area contributed by atoms with Crippen molar-refractivity contribution in [1.29, 1.82) is 0 Å². The molecule has 0 aliphatic carbocycles. The molecule has 0 saturated carbocycles. The zero-order chi connectivity index (χ0) is 13.1. The molecule has 0 bridgehead atoms. The molecule has 0 spiro atoms. The van der Waals surface area contributed by atoms with Gasteiger partial charge in [-0.15, -0.1) is 0 Å². The van der Waals surface area contributed by atoms with E-state index >= 15 is 0 Å². The van der Waals surface area contributed by atoms with Gasteiger partial charge in [-0.05, 0) is 50.2 Å². The van der Waals surface area contributed by atoms with Crippen LogP contribution in [0.4, 0.5) is 0 Å². The van der Waals surface area contributed by atoms with Crippen molar-refractivity contribution in [3.63, 3.8) is 0 Å². The normalized spacial score (nSPS) is 14.1. The van der Waals surface area contributed by atoms with Crippen molar-refractivity contribution >= 4 is 15.9 Å². The third kappa shape index (κ3) is 3.80. The first-order valence-corrected chi connectivity index (χ1v) is 6.80. The average molecular weight is 299 g/mol. The Labute approximate surface area is 113 Å². The Balaban J connectivity index is 3.05. The van der Waals surface area contributed by atoms with E-state index in [-0.39, 0.29) is 5.41 Å². The molecule has 0 radical (unpaired) electrons. The van der Waals surface area contributed by atoms with Gasteiger partial charge >= 0.3 is 0 Å². The molecule has 0 heterocycles. The van der Waals surface area contributed by atoms with Gasteiger partial charge in [0.1, 0.15) is 0 Å². The molecule has 1 aromatic carbocycles. The summed E-state index contributed by atoms with van der Waals surface area (Å²) >= 11 is 3.48. The number of hydrogen-bond donors (Lipinski definition) is 1. The monoisotopic (exact) mass is 298 g/mol. The molecule has 96 valence electrons. The van der Waals surface area contributed by atoms with Crippen molar-refractivity contribution in [2.45, 2.75) is 26.3 Å². The molecule has 1 aromatic rings. The van der Waals surface area contributed by atoms with Crippen molar-refractivity contribution in [2.24, 2.45) is 11.1 Å². The molecule has 0 amide bonds. The molecule has 0 aromatic heterocycles. The summed E-state index contributed by atoms with van der Waals surface area (Å²) in [5.74, 6) is 0. The molecule has 2 N–H and O–H groups in total. The van der Waals surface area contributed by atoms with Gasteiger partial charge in [0.25, 0.3) is 0 Å². The lowest BCUT2D eigenvalue weighted by Crippen LogP contribution is -2.35. The van der Waals surface area contributed by atoms with Crippen LogP contribution in [0.25, 0.3) is 0 Å². The second-order valence-corrected chi connectivity index (χ2v) is 6.36. The van der Waals surface area contributed by atoms with Crippen LogP contribution in [0, 0.1) is 5.41 Å². The van der Waals surface area contributed by atoms with Gasteiger partial charge in [-0.25, -0.2) is 0 Å². The lowest BCUT2D eigenvalue weighted by Gasteiger charge is -2.39. The maximum absolute atomic E-state index is 5.73. The predicted molar refractivity (Wildman–Crippen MR) is 78.0 cm³/mol. The minimum Gasteiger partial charge on any atom is -0.330 e. The number of hydrogen-bond acceptors (Lipinski definition) is 2. The molecule has 0 aliphatic heterocycles. The lowest BCUT2D eigenvalue weighted by molar-refractivity contribution is 0.128. The fourth-order valence-corrected chi connectivity index (χ4v) is 2.87. The Morgan fingerprint density at radius 2 is 1.76 bits per heavy atom. The van der Waals surface area contributed by atoms with E-state index in [1.807, 2.05) is 0 Å². The van der Waals surface area contributed by atoms with E-state index in [2.05, 4.69) is 73.0 Å². The van der Waals surface area contributed by atoms with Crippen molar-refractivity contribution < 1.29 is 0 Å². The molecule has 0 fully saturated rings. The van der Waals surface area contributed by atoms with Gasteiger partial charge in [-0.1, -0.05) is 41.9 Å². The fourth-order valence-electron chi connectivity index (χ4n) is 2.60. The summed E-state index contributed by atoms with van der Waals surface area (Å²) in [7, 11) is 4.26. The van der Waals surface area contributed by atoms with Gasteiger partial charge in [0.05, 0.1) is 0 Å². The molecule has 1 atom stereocenters. The minimum atomic E-state index is 0.173. The predicted octanol–water partition coefficient (Wildman–Crippen LogP) is 3.43. The highest BCUT2D eigenvalue weighted by Crippen LogP contribution is 2.39. The summed E-state index contributed by atoms with van der Waals surface area (Å²) in [6.45, 7) is 5.30. The van der Waals surface area contributed by atoms with Crippen LogP contribution in [0.5, 0.6) is 0 Å². The van der Waals surface area contributed by atoms with Gasteiger partial charge in [-0.2, -0.15) is 0 Å². The fraction of sp³-hybridized carbons (Fsp3) is 0.571. The average Bonchev–Trinajstić information content (AvgIpc) is 2.20. The van der Waals surface area contributed by atoms with Gasteiger partial charge in [-0.3, -0.25) is 0 Å². The number of benzene rings is 1. The standard InChI is InChI=1S/C14H23BrN2/c1-14(2,9-10-16)13(17(3)4)11-5-7-12(15)8-6-11/h5-8,13H,9-10,16H2,1-4H3. The third-order valence-electron chi connectivity index (χ3n) is 3.23. The highest BCUT2D eigenvalue weighted by molar-refractivity contribution is 9.10. The molecule has 1 rings (SSSR count). The number of halogens is 1. The maximum Gasteiger partial charge on any atom is 0.0393 e. The maximum atomic E-state index is 5.73. The van der Waals surface area contributed by atoms with Crippen LogP contribution >= 0.6 is 15.9 Å². The van der Waals surface area contributed by atoms with E-state index in [0.717, 1.165) is 17.4 Å². The first-order chi connectivity index (χ1) is 7.88. The van der Waals surface area contributed by atoms with Crippen LogP contribution in [0.3, 0.4) is 0 Å². The quantitative estimate of drug-likeness (QED) is 0.902. The molecule has 0 saturated heterocycles. The smallest absolute Gasteiger partial charge is 0.0393 e.